The molecule has 3 aromatic rings. The molecule has 0 amide bonds. The van der Waals surface area contributed by atoms with Crippen molar-refractivity contribution < 1.29 is 13.2 Å². The Balaban J connectivity index is 1.46. The van der Waals surface area contributed by atoms with Crippen molar-refractivity contribution in [3.63, 3.8) is 0 Å². The monoisotopic (exact) mass is 416 g/mol. The lowest BCUT2D eigenvalue weighted by Gasteiger charge is -2.11. The summed E-state index contributed by atoms with van der Waals surface area (Å²) in [5, 5.41) is 3.12. The molecule has 0 saturated carbocycles. The summed E-state index contributed by atoms with van der Waals surface area (Å²) in [4.78, 5) is 12.9. The van der Waals surface area contributed by atoms with Crippen LogP contribution in [0.3, 0.4) is 0 Å². The molecule has 0 bridgehead atoms. The number of ether oxygens (including phenoxy) is 1. The van der Waals surface area contributed by atoms with Gasteiger partial charge in [0.15, 0.2) is 0 Å². The Bertz CT molecular complexity index is 1040. The Hall–Kier alpha value is -2.98. The van der Waals surface area contributed by atoms with Crippen LogP contribution in [0.15, 0.2) is 48.8 Å². The van der Waals surface area contributed by atoms with Gasteiger partial charge >= 0.3 is 0 Å². The maximum absolute atomic E-state index is 12.1. The van der Waals surface area contributed by atoms with Gasteiger partial charge in [0.1, 0.15) is 35.6 Å². The predicted octanol–water partition coefficient (Wildman–Crippen LogP) is 1.69. The van der Waals surface area contributed by atoms with Crippen molar-refractivity contribution in [2.75, 3.05) is 30.8 Å². The summed E-state index contributed by atoms with van der Waals surface area (Å²) < 4.78 is 34.0. The van der Waals surface area contributed by atoms with Gasteiger partial charge in [-0.3, -0.25) is 4.57 Å². The minimum atomic E-state index is -3.42. The van der Waals surface area contributed by atoms with Gasteiger partial charge in [0.25, 0.3) is 0 Å². The van der Waals surface area contributed by atoms with E-state index in [0.29, 0.717) is 29.8 Å². The standard InChI is InChI=1S/C19H24N6O3S/c1-15-23-18(14-19(24-15)25-11-10-20-16(25)2)21-8-9-22-29(26,27)13-12-28-17-6-4-3-5-7-17/h3-7,10-11,14,22H,8-9,12-13H2,1-2H3,(H,21,23,24). The average Bonchev–Trinajstić information content (AvgIpc) is 3.12. The lowest BCUT2D eigenvalue weighted by molar-refractivity contribution is 0.340. The topological polar surface area (TPSA) is 111 Å². The van der Waals surface area contributed by atoms with Crippen molar-refractivity contribution in [1.82, 2.24) is 24.2 Å². The van der Waals surface area contributed by atoms with Gasteiger partial charge in [0.05, 0.1) is 5.75 Å². The van der Waals surface area contributed by atoms with Crippen molar-refractivity contribution in [1.29, 1.82) is 0 Å². The third-order valence-corrected chi connectivity index (χ3v) is 5.36. The van der Waals surface area contributed by atoms with Gasteiger partial charge in [0, 0.05) is 31.5 Å². The van der Waals surface area contributed by atoms with Crippen LogP contribution in [0, 0.1) is 13.8 Å². The van der Waals surface area contributed by atoms with Crippen LogP contribution in [0.4, 0.5) is 5.82 Å². The first-order chi connectivity index (χ1) is 13.9. The number of para-hydroxylation sites is 1. The Morgan fingerprint density at radius 3 is 2.62 bits per heavy atom. The van der Waals surface area contributed by atoms with Crippen molar-refractivity contribution in [2.24, 2.45) is 0 Å². The summed E-state index contributed by atoms with van der Waals surface area (Å²) >= 11 is 0. The lowest BCUT2D eigenvalue weighted by Crippen LogP contribution is -2.32. The Kier molecular flexibility index (Phi) is 6.78. The van der Waals surface area contributed by atoms with E-state index in [4.69, 9.17) is 4.74 Å². The van der Waals surface area contributed by atoms with Crippen LogP contribution in [-0.4, -0.2) is 53.4 Å². The molecule has 0 aliphatic carbocycles. The summed E-state index contributed by atoms with van der Waals surface area (Å²) in [5.41, 5.74) is 0. The maximum Gasteiger partial charge on any atom is 0.215 e. The van der Waals surface area contributed by atoms with E-state index in [1.165, 1.54) is 0 Å². The van der Waals surface area contributed by atoms with E-state index in [0.717, 1.165) is 5.82 Å². The third-order valence-electron chi connectivity index (χ3n) is 4.01. The Morgan fingerprint density at radius 2 is 1.90 bits per heavy atom. The molecular weight excluding hydrogens is 392 g/mol. The van der Waals surface area contributed by atoms with Crippen molar-refractivity contribution in [2.45, 2.75) is 13.8 Å². The molecule has 0 unspecified atom stereocenters. The van der Waals surface area contributed by atoms with Crippen LogP contribution in [0.5, 0.6) is 5.75 Å². The number of anilines is 1. The highest BCUT2D eigenvalue weighted by Crippen LogP contribution is 2.12. The summed E-state index contributed by atoms with van der Waals surface area (Å²) in [6.07, 6.45) is 3.53. The second-order valence-electron chi connectivity index (χ2n) is 6.30. The third kappa shape index (κ3) is 6.26. The number of hydrogen-bond acceptors (Lipinski definition) is 7. The van der Waals surface area contributed by atoms with Gasteiger partial charge in [0.2, 0.25) is 10.0 Å². The summed E-state index contributed by atoms with van der Waals surface area (Å²) in [6, 6.07) is 10.9. The van der Waals surface area contributed by atoms with Crippen LogP contribution in [0.2, 0.25) is 0 Å². The molecule has 9 nitrogen and oxygen atoms in total. The highest BCUT2D eigenvalue weighted by atomic mass is 32.2. The van der Waals surface area contributed by atoms with Gasteiger partial charge in [-0.15, -0.1) is 0 Å². The highest BCUT2D eigenvalue weighted by molar-refractivity contribution is 7.89. The van der Waals surface area contributed by atoms with Crippen LogP contribution >= 0.6 is 0 Å². The largest absolute Gasteiger partial charge is 0.492 e. The number of imidazole rings is 1. The number of sulfonamides is 1. The number of rotatable bonds is 10. The van der Waals surface area contributed by atoms with Crippen molar-refractivity contribution in [3.05, 3.63) is 60.4 Å². The van der Waals surface area contributed by atoms with E-state index >= 15 is 0 Å². The first kappa shape index (κ1) is 20.7. The van der Waals surface area contributed by atoms with E-state index < -0.39 is 10.0 Å². The summed E-state index contributed by atoms with van der Waals surface area (Å²) in [5.74, 6) is 3.28. The summed E-state index contributed by atoms with van der Waals surface area (Å²) in [7, 11) is -3.42. The number of aromatic nitrogens is 4. The zero-order valence-corrected chi connectivity index (χ0v) is 17.2. The summed E-state index contributed by atoms with van der Waals surface area (Å²) in [6.45, 7) is 4.40. The van der Waals surface area contributed by atoms with Gasteiger partial charge in [-0.1, -0.05) is 18.2 Å². The molecule has 0 radical (unpaired) electrons. The number of aryl methyl sites for hydroxylation is 2. The van der Waals surface area contributed by atoms with E-state index in [2.05, 4.69) is 25.0 Å². The molecule has 29 heavy (non-hydrogen) atoms. The van der Waals surface area contributed by atoms with E-state index in [9.17, 15) is 8.42 Å². The highest BCUT2D eigenvalue weighted by Gasteiger charge is 2.10. The van der Waals surface area contributed by atoms with E-state index in [-0.39, 0.29) is 18.9 Å². The smallest absolute Gasteiger partial charge is 0.215 e. The number of benzene rings is 1. The molecule has 0 saturated heterocycles. The van der Waals surface area contributed by atoms with Crippen molar-refractivity contribution in [3.8, 4) is 11.6 Å². The molecule has 10 heteroatoms. The fourth-order valence-electron chi connectivity index (χ4n) is 2.64. The Labute approximate surface area is 170 Å². The molecule has 0 spiro atoms. The fourth-order valence-corrected chi connectivity index (χ4v) is 3.50. The molecular formula is C19H24N6O3S. The molecule has 0 fully saturated rings. The predicted molar refractivity (Wildman–Crippen MR) is 111 cm³/mol. The molecule has 3 rings (SSSR count). The van der Waals surface area contributed by atoms with Crippen molar-refractivity contribution >= 4 is 15.8 Å². The SMILES string of the molecule is Cc1nc(NCCNS(=O)(=O)CCOc2ccccc2)cc(-n2ccnc2C)n1. The fraction of sp³-hybridized carbons (Fsp3) is 0.316. The molecule has 2 N–H and O–H groups in total. The molecule has 0 aliphatic rings. The van der Waals surface area contributed by atoms with E-state index in [1.807, 2.05) is 35.9 Å². The molecule has 2 heterocycles. The zero-order valence-electron chi connectivity index (χ0n) is 16.4. The van der Waals surface area contributed by atoms with Crippen LogP contribution in [0.25, 0.3) is 5.82 Å². The minimum Gasteiger partial charge on any atom is -0.492 e. The molecule has 0 atom stereocenters. The van der Waals surface area contributed by atoms with Crippen LogP contribution < -0.4 is 14.8 Å². The lowest BCUT2D eigenvalue weighted by atomic mass is 10.3. The molecule has 1 aromatic carbocycles. The van der Waals surface area contributed by atoms with Gasteiger partial charge in [-0.05, 0) is 26.0 Å². The minimum absolute atomic E-state index is 0.0888. The quantitative estimate of drug-likeness (QED) is 0.484. The van der Waals surface area contributed by atoms with Crippen LogP contribution in [-0.2, 0) is 10.0 Å². The van der Waals surface area contributed by atoms with Crippen LogP contribution in [0.1, 0.15) is 11.6 Å². The second-order valence-corrected chi connectivity index (χ2v) is 8.23. The molecule has 154 valence electrons. The molecule has 2 aromatic heterocycles. The van der Waals surface area contributed by atoms with Gasteiger partial charge in [-0.2, -0.15) is 0 Å². The van der Waals surface area contributed by atoms with E-state index in [1.54, 1.807) is 31.3 Å². The average molecular weight is 417 g/mol. The number of hydrogen-bond donors (Lipinski definition) is 2. The Morgan fingerprint density at radius 1 is 1.10 bits per heavy atom. The zero-order chi connectivity index (χ0) is 20.7. The first-order valence-electron chi connectivity index (χ1n) is 9.18. The number of nitrogens with one attached hydrogen (secondary N) is 2. The number of nitrogens with zero attached hydrogens (tertiary/aromatic N) is 4. The first-order valence-corrected chi connectivity index (χ1v) is 10.8. The maximum atomic E-state index is 12.1. The van der Waals surface area contributed by atoms with Gasteiger partial charge in [-0.25, -0.2) is 28.1 Å². The normalized spacial score (nSPS) is 11.4. The second kappa shape index (κ2) is 9.48. The van der Waals surface area contributed by atoms with Gasteiger partial charge < -0.3 is 10.1 Å². The molecule has 0 aliphatic heterocycles.